The minimum atomic E-state index is -0.318. The number of ether oxygens (including phenoxy) is 1. The first-order valence-electron chi connectivity index (χ1n) is 8.19. The minimum absolute atomic E-state index is 0.108. The lowest BCUT2D eigenvalue weighted by molar-refractivity contribution is -0.123. The highest BCUT2D eigenvalue weighted by Crippen LogP contribution is 2.21. The van der Waals surface area contributed by atoms with Crippen molar-refractivity contribution in [3.8, 4) is 5.75 Å². The molecule has 0 saturated carbocycles. The largest absolute Gasteiger partial charge is 0.484 e. The van der Waals surface area contributed by atoms with Gasteiger partial charge in [0.2, 0.25) is 0 Å². The van der Waals surface area contributed by atoms with Crippen molar-refractivity contribution in [2.45, 2.75) is 40.7 Å². The molecular formula is C19H24ClN3O2. The molecule has 0 spiro atoms. The van der Waals surface area contributed by atoms with Crippen LogP contribution in [0, 0.1) is 20.8 Å². The van der Waals surface area contributed by atoms with E-state index in [1.165, 1.54) is 5.69 Å². The lowest BCUT2D eigenvalue weighted by Crippen LogP contribution is -2.24. The Hall–Kier alpha value is -2.27. The van der Waals surface area contributed by atoms with Crippen molar-refractivity contribution in [2.24, 2.45) is 5.10 Å². The predicted molar refractivity (Wildman–Crippen MR) is 102 cm³/mol. The van der Waals surface area contributed by atoms with E-state index in [9.17, 15) is 4.79 Å². The first-order chi connectivity index (χ1) is 11.8. The van der Waals surface area contributed by atoms with E-state index in [4.69, 9.17) is 16.3 Å². The van der Waals surface area contributed by atoms with Gasteiger partial charge in [-0.05, 0) is 64.4 Å². The second-order valence-electron chi connectivity index (χ2n) is 6.28. The van der Waals surface area contributed by atoms with Gasteiger partial charge < -0.3 is 9.30 Å². The summed E-state index contributed by atoms with van der Waals surface area (Å²) in [6.07, 6.45) is 1.66. The molecule has 5 nitrogen and oxygen atoms in total. The fourth-order valence-corrected chi connectivity index (χ4v) is 2.91. The summed E-state index contributed by atoms with van der Waals surface area (Å²) in [5.74, 6) is 0.281. The number of carbonyl (C=O) groups is 1. The highest BCUT2D eigenvalue weighted by atomic mass is 35.5. The molecule has 0 fully saturated rings. The van der Waals surface area contributed by atoms with Crippen molar-refractivity contribution in [1.82, 2.24) is 9.99 Å². The maximum Gasteiger partial charge on any atom is 0.277 e. The van der Waals surface area contributed by atoms with Crippen LogP contribution in [0.2, 0.25) is 5.02 Å². The van der Waals surface area contributed by atoms with E-state index in [2.05, 4.69) is 41.9 Å². The van der Waals surface area contributed by atoms with Gasteiger partial charge in [-0.3, -0.25) is 4.79 Å². The molecule has 6 heteroatoms. The van der Waals surface area contributed by atoms with Gasteiger partial charge in [0.1, 0.15) is 5.75 Å². The number of rotatable bonds is 6. The number of benzene rings is 1. The Bertz CT molecular complexity index is 794. The molecule has 1 aromatic carbocycles. The quantitative estimate of drug-likeness (QED) is 0.620. The average molecular weight is 362 g/mol. The van der Waals surface area contributed by atoms with Crippen molar-refractivity contribution in [2.75, 3.05) is 6.61 Å². The lowest BCUT2D eigenvalue weighted by atomic mass is 10.2. The summed E-state index contributed by atoms with van der Waals surface area (Å²) >= 11 is 5.96. The molecule has 0 radical (unpaired) electrons. The number of amides is 1. The fraction of sp³-hybridized carbons (Fsp3) is 0.368. The van der Waals surface area contributed by atoms with E-state index >= 15 is 0 Å². The van der Waals surface area contributed by atoms with Crippen LogP contribution in [0.4, 0.5) is 0 Å². The van der Waals surface area contributed by atoms with Gasteiger partial charge >= 0.3 is 0 Å². The van der Waals surface area contributed by atoms with Crippen LogP contribution in [-0.2, 0) is 4.79 Å². The Balaban J connectivity index is 1.90. The van der Waals surface area contributed by atoms with E-state index in [1.807, 2.05) is 13.8 Å². The zero-order chi connectivity index (χ0) is 18.6. The van der Waals surface area contributed by atoms with Gasteiger partial charge in [-0.25, -0.2) is 5.43 Å². The van der Waals surface area contributed by atoms with Crippen molar-refractivity contribution in [3.05, 3.63) is 51.8 Å². The number of nitrogens with zero attached hydrogens (tertiary/aromatic N) is 2. The Morgan fingerprint density at radius 1 is 1.32 bits per heavy atom. The van der Waals surface area contributed by atoms with Gasteiger partial charge in [0.15, 0.2) is 6.61 Å². The molecule has 0 aliphatic heterocycles. The SMILES string of the molecule is Cc1cc(OCC(=O)N/N=C\c2cc(C)n(C(C)C)c2C)ccc1Cl. The van der Waals surface area contributed by atoms with Crippen LogP contribution in [0.3, 0.4) is 0 Å². The number of halogens is 1. The average Bonchev–Trinajstić information content (AvgIpc) is 2.82. The maximum atomic E-state index is 11.8. The third-order valence-electron chi connectivity index (χ3n) is 3.93. The van der Waals surface area contributed by atoms with E-state index in [-0.39, 0.29) is 12.5 Å². The number of nitrogens with one attached hydrogen (secondary N) is 1. The van der Waals surface area contributed by atoms with E-state index in [1.54, 1.807) is 24.4 Å². The van der Waals surface area contributed by atoms with Gasteiger partial charge in [-0.2, -0.15) is 5.10 Å². The molecule has 0 saturated heterocycles. The summed E-state index contributed by atoms with van der Waals surface area (Å²) in [6, 6.07) is 7.70. The number of aryl methyl sites for hydroxylation is 2. The molecule has 0 atom stereocenters. The zero-order valence-corrected chi connectivity index (χ0v) is 16.0. The highest BCUT2D eigenvalue weighted by molar-refractivity contribution is 6.31. The topological polar surface area (TPSA) is 55.6 Å². The molecule has 1 aromatic heterocycles. The molecule has 1 N–H and O–H groups in total. The van der Waals surface area contributed by atoms with E-state index < -0.39 is 0 Å². The zero-order valence-electron chi connectivity index (χ0n) is 15.3. The summed E-state index contributed by atoms with van der Waals surface area (Å²) in [7, 11) is 0. The minimum Gasteiger partial charge on any atom is -0.484 e. The van der Waals surface area contributed by atoms with Crippen LogP contribution < -0.4 is 10.2 Å². The molecule has 0 aliphatic rings. The molecule has 134 valence electrons. The Kier molecular flexibility index (Phi) is 6.26. The molecule has 1 amide bonds. The van der Waals surface area contributed by atoms with Crippen LogP contribution >= 0.6 is 11.6 Å². The van der Waals surface area contributed by atoms with Crippen molar-refractivity contribution >= 4 is 23.7 Å². The van der Waals surface area contributed by atoms with Crippen LogP contribution in [0.25, 0.3) is 0 Å². The monoisotopic (exact) mass is 361 g/mol. The maximum absolute atomic E-state index is 11.8. The Morgan fingerprint density at radius 2 is 2.04 bits per heavy atom. The van der Waals surface area contributed by atoms with E-state index in [0.717, 1.165) is 16.8 Å². The Morgan fingerprint density at radius 3 is 2.64 bits per heavy atom. The van der Waals surface area contributed by atoms with Gasteiger partial charge in [0.25, 0.3) is 5.91 Å². The van der Waals surface area contributed by atoms with Crippen LogP contribution in [0.5, 0.6) is 5.75 Å². The van der Waals surface area contributed by atoms with Crippen molar-refractivity contribution in [3.63, 3.8) is 0 Å². The first kappa shape index (κ1) is 19.1. The smallest absolute Gasteiger partial charge is 0.277 e. The van der Waals surface area contributed by atoms with Gasteiger partial charge in [-0.1, -0.05) is 11.6 Å². The molecule has 0 unspecified atom stereocenters. The fourth-order valence-electron chi connectivity index (χ4n) is 2.79. The van der Waals surface area contributed by atoms with Gasteiger partial charge in [0, 0.05) is 28.0 Å². The first-order valence-corrected chi connectivity index (χ1v) is 8.56. The molecule has 25 heavy (non-hydrogen) atoms. The Labute approximate surface area is 153 Å². The molecular weight excluding hydrogens is 338 g/mol. The van der Waals surface area contributed by atoms with Crippen molar-refractivity contribution in [1.29, 1.82) is 0 Å². The summed E-state index contributed by atoms with van der Waals surface area (Å²) in [6.45, 7) is 10.2. The molecule has 1 heterocycles. The number of carbonyl (C=O) groups excluding carboxylic acids is 1. The molecule has 2 aromatic rings. The van der Waals surface area contributed by atoms with Crippen LogP contribution in [-0.4, -0.2) is 23.3 Å². The van der Waals surface area contributed by atoms with Crippen LogP contribution in [0.15, 0.2) is 29.4 Å². The summed E-state index contributed by atoms with van der Waals surface area (Å²) in [4.78, 5) is 11.8. The van der Waals surface area contributed by atoms with E-state index in [0.29, 0.717) is 16.8 Å². The third-order valence-corrected chi connectivity index (χ3v) is 4.36. The highest BCUT2D eigenvalue weighted by Gasteiger charge is 2.10. The predicted octanol–water partition coefficient (Wildman–Crippen LogP) is 4.18. The standard InChI is InChI=1S/C19H24ClN3O2/c1-12(2)23-14(4)9-16(15(23)5)10-21-22-19(24)11-25-17-6-7-18(20)13(3)8-17/h6-10,12H,11H2,1-5H3,(H,22,24)/b21-10-. The summed E-state index contributed by atoms with van der Waals surface area (Å²) in [5, 5.41) is 4.69. The van der Waals surface area contributed by atoms with Gasteiger partial charge in [0.05, 0.1) is 6.21 Å². The summed E-state index contributed by atoms with van der Waals surface area (Å²) < 4.78 is 7.67. The van der Waals surface area contributed by atoms with Crippen LogP contribution in [0.1, 0.15) is 42.4 Å². The van der Waals surface area contributed by atoms with Gasteiger partial charge in [-0.15, -0.1) is 0 Å². The third kappa shape index (κ3) is 4.86. The normalized spacial score (nSPS) is 11.3. The second kappa shape index (κ2) is 8.21. The lowest BCUT2D eigenvalue weighted by Gasteiger charge is -2.13. The molecule has 0 bridgehead atoms. The second-order valence-corrected chi connectivity index (χ2v) is 6.69. The number of hydrogen-bond acceptors (Lipinski definition) is 3. The molecule has 2 rings (SSSR count). The molecule has 0 aliphatic carbocycles. The number of hydrazone groups is 1. The number of hydrogen-bond donors (Lipinski definition) is 1. The van der Waals surface area contributed by atoms with Crippen molar-refractivity contribution < 1.29 is 9.53 Å². The summed E-state index contributed by atoms with van der Waals surface area (Å²) in [5.41, 5.74) is 6.66. The number of aromatic nitrogens is 1.